The van der Waals surface area contributed by atoms with E-state index in [4.69, 9.17) is 4.74 Å². The molecule has 30 heavy (non-hydrogen) atoms. The minimum absolute atomic E-state index is 0.0335. The number of ether oxygens (including phenoxy) is 1. The Morgan fingerprint density at radius 2 is 1.80 bits per heavy atom. The quantitative estimate of drug-likeness (QED) is 0.531. The van der Waals surface area contributed by atoms with Gasteiger partial charge in [0.1, 0.15) is 6.04 Å². The number of nitrogens with zero attached hydrogens (tertiary/aromatic N) is 2. The molecule has 1 fully saturated rings. The molecular weight excluding hydrogens is 422 g/mol. The van der Waals surface area contributed by atoms with E-state index in [0.717, 1.165) is 4.88 Å². The third-order valence-corrected chi connectivity index (χ3v) is 6.89. The number of rotatable bonds is 11. The molecule has 1 atom stereocenters. The maximum atomic E-state index is 13.2. The third-order valence-electron chi connectivity index (χ3n) is 5.01. The van der Waals surface area contributed by atoms with Crippen molar-refractivity contribution in [1.29, 1.82) is 0 Å². The molecule has 2 aromatic heterocycles. The summed E-state index contributed by atoms with van der Waals surface area (Å²) in [6, 6.07) is 7.21. The van der Waals surface area contributed by atoms with Crippen LogP contribution in [-0.4, -0.2) is 73.5 Å². The van der Waals surface area contributed by atoms with Crippen LogP contribution in [0.3, 0.4) is 0 Å². The molecule has 7 nitrogen and oxygen atoms in total. The van der Waals surface area contributed by atoms with Gasteiger partial charge in [0.25, 0.3) is 0 Å². The zero-order valence-corrected chi connectivity index (χ0v) is 18.7. The number of carbonyl (C=O) groups is 3. The Bertz CT molecular complexity index is 823. The number of thiophene rings is 2. The Morgan fingerprint density at radius 3 is 2.40 bits per heavy atom. The van der Waals surface area contributed by atoms with E-state index in [1.807, 2.05) is 35.0 Å². The fraction of sp³-hybridized carbons (Fsp3) is 0.476. The van der Waals surface area contributed by atoms with Gasteiger partial charge in [-0.25, -0.2) is 0 Å². The van der Waals surface area contributed by atoms with Crippen LogP contribution in [-0.2, 0) is 32.0 Å². The molecule has 1 saturated heterocycles. The van der Waals surface area contributed by atoms with Gasteiger partial charge in [-0.15, -0.1) is 22.7 Å². The highest BCUT2D eigenvalue weighted by Gasteiger charge is 2.40. The number of methoxy groups -OCH3 is 1. The van der Waals surface area contributed by atoms with E-state index < -0.39 is 6.04 Å². The Hall–Kier alpha value is -2.23. The summed E-state index contributed by atoms with van der Waals surface area (Å²) < 4.78 is 4.95. The lowest BCUT2D eigenvalue weighted by atomic mass is 10.0. The van der Waals surface area contributed by atoms with Crippen LogP contribution in [0.25, 0.3) is 0 Å². The highest BCUT2D eigenvalue weighted by molar-refractivity contribution is 7.10. The maximum absolute atomic E-state index is 13.2. The summed E-state index contributed by atoms with van der Waals surface area (Å²) >= 11 is 3.26. The molecule has 0 aliphatic carbocycles. The first-order valence-corrected chi connectivity index (χ1v) is 11.7. The Morgan fingerprint density at radius 1 is 1.13 bits per heavy atom. The monoisotopic (exact) mass is 449 g/mol. The van der Waals surface area contributed by atoms with Crippen LogP contribution < -0.4 is 5.32 Å². The van der Waals surface area contributed by atoms with E-state index in [-0.39, 0.29) is 30.7 Å². The van der Waals surface area contributed by atoms with Crippen molar-refractivity contribution < 1.29 is 19.1 Å². The van der Waals surface area contributed by atoms with Gasteiger partial charge in [-0.1, -0.05) is 12.1 Å². The third kappa shape index (κ3) is 6.13. The molecule has 0 saturated carbocycles. The largest absolute Gasteiger partial charge is 0.383 e. The first-order valence-electron chi connectivity index (χ1n) is 9.97. The second-order valence-electron chi connectivity index (χ2n) is 7.07. The van der Waals surface area contributed by atoms with E-state index in [9.17, 15) is 14.4 Å². The smallest absolute Gasteiger partial charge is 0.246 e. The van der Waals surface area contributed by atoms with Crippen molar-refractivity contribution in [3.63, 3.8) is 0 Å². The van der Waals surface area contributed by atoms with Gasteiger partial charge in [0.15, 0.2) is 0 Å². The lowest BCUT2D eigenvalue weighted by molar-refractivity contribution is -0.157. The first kappa shape index (κ1) is 22.5. The molecule has 1 aliphatic heterocycles. The minimum Gasteiger partial charge on any atom is -0.383 e. The van der Waals surface area contributed by atoms with E-state index in [0.29, 0.717) is 39.1 Å². The van der Waals surface area contributed by atoms with Gasteiger partial charge in [0, 0.05) is 36.5 Å². The summed E-state index contributed by atoms with van der Waals surface area (Å²) in [5.41, 5.74) is 0. The fourth-order valence-electron chi connectivity index (χ4n) is 3.44. The first-order chi connectivity index (χ1) is 14.6. The number of carbonyl (C=O) groups excluding carboxylic acids is 3. The zero-order chi connectivity index (χ0) is 21.3. The average molecular weight is 450 g/mol. The van der Waals surface area contributed by atoms with Crippen LogP contribution in [0.15, 0.2) is 35.0 Å². The van der Waals surface area contributed by atoms with Crippen molar-refractivity contribution in [2.45, 2.75) is 25.3 Å². The van der Waals surface area contributed by atoms with Crippen LogP contribution in [0.4, 0.5) is 0 Å². The molecule has 0 bridgehead atoms. The molecule has 3 rings (SSSR count). The molecule has 1 unspecified atom stereocenters. The van der Waals surface area contributed by atoms with E-state index in [1.165, 1.54) is 4.88 Å². The molecule has 0 aromatic carbocycles. The molecule has 3 heterocycles. The normalized spacial score (nSPS) is 16.9. The van der Waals surface area contributed by atoms with E-state index in [2.05, 4.69) is 5.32 Å². The Labute approximate surface area is 184 Å². The van der Waals surface area contributed by atoms with Crippen LogP contribution in [0, 0.1) is 0 Å². The summed E-state index contributed by atoms with van der Waals surface area (Å²) in [4.78, 5) is 44.0. The number of hydrogen-bond donors (Lipinski definition) is 1. The number of amides is 3. The molecule has 2 aromatic rings. The summed E-state index contributed by atoms with van der Waals surface area (Å²) in [7, 11) is 1.56. The molecule has 3 amide bonds. The van der Waals surface area contributed by atoms with Crippen molar-refractivity contribution in [2.24, 2.45) is 0 Å². The SMILES string of the molecule is COCCNC(=O)CC1C(=O)N(CCc2cccs2)CC(=O)N1CCc1cccs1. The lowest BCUT2D eigenvalue weighted by Crippen LogP contribution is -2.61. The highest BCUT2D eigenvalue weighted by atomic mass is 32.1. The second kappa shape index (κ2) is 11.2. The highest BCUT2D eigenvalue weighted by Crippen LogP contribution is 2.19. The van der Waals surface area contributed by atoms with Crippen LogP contribution in [0.2, 0.25) is 0 Å². The number of nitrogens with one attached hydrogen (secondary N) is 1. The van der Waals surface area contributed by atoms with Crippen molar-refractivity contribution in [2.75, 3.05) is 39.9 Å². The molecule has 1 N–H and O–H groups in total. The van der Waals surface area contributed by atoms with E-state index in [1.54, 1.807) is 39.6 Å². The average Bonchev–Trinajstić information content (AvgIpc) is 3.43. The fourth-order valence-corrected chi connectivity index (χ4v) is 4.84. The van der Waals surface area contributed by atoms with Crippen molar-refractivity contribution in [3.05, 3.63) is 44.8 Å². The van der Waals surface area contributed by atoms with Crippen molar-refractivity contribution in [3.8, 4) is 0 Å². The van der Waals surface area contributed by atoms with Crippen molar-refractivity contribution >= 4 is 40.4 Å². The zero-order valence-electron chi connectivity index (χ0n) is 17.0. The molecule has 162 valence electrons. The second-order valence-corrected chi connectivity index (χ2v) is 9.13. The van der Waals surface area contributed by atoms with Gasteiger partial charge < -0.3 is 19.9 Å². The molecule has 0 radical (unpaired) electrons. The Balaban J connectivity index is 1.67. The molecule has 9 heteroatoms. The van der Waals surface area contributed by atoms with Gasteiger partial charge >= 0.3 is 0 Å². The lowest BCUT2D eigenvalue weighted by Gasteiger charge is -2.40. The number of piperazine rings is 1. The van der Waals surface area contributed by atoms with Gasteiger partial charge in [-0.2, -0.15) is 0 Å². The van der Waals surface area contributed by atoms with Gasteiger partial charge in [-0.05, 0) is 35.7 Å². The van der Waals surface area contributed by atoms with Crippen LogP contribution in [0.1, 0.15) is 16.2 Å². The predicted molar refractivity (Wildman–Crippen MR) is 118 cm³/mol. The molecule has 1 aliphatic rings. The Kier molecular flexibility index (Phi) is 8.41. The predicted octanol–water partition coefficient (Wildman–Crippen LogP) is 1.79. The number of hydrogen-bond acceptors (Lipinski definition) is 6. The van der Waals surface area contributed by atoms with Crippen LogP contribution in [0.5, 0.6) is 0 Å². The maximum Gasteiger partial charge on any atom is 0.246 e. The van der Waals surface area contributed by atoms with Gasteiger partial charge in [0.2, 0.25) is 17.7 Å². The van der Waals surface area contributed by atoms with Crippen LogP contribution >= 0.6 is 22.7 Å². The summed E-state index contributed by atoms with van der Waals surface area (Å²) in [5, 5.41) is 6.75. The molecule has 0 spiro atoms. The minimum atomic E-state index is -0.767. The van der Waals surface area contributed by atoms with Crippen molar-refractivity contribution in [1.82, 2.24) is 15.1 Å². The van der Waals surface area contributed by atoms with Gasteiger partial charge in [-0.3, -0.25) is 14.4 Å². The summed E-state index contributed by atoms with van der Waals surface area (Å²) in [6.45, 7) is 1.75. The molecular formula is C21H27N3O4S2. The van der Waals surface area contributed by atoms with E-state index >= 15 is 0 Å². The summed E-state index contributed by atoms with van der Waals surface area (Å²) in [5.74, 6) is -0.509. The topological polar surface area (TPSA) is 79.0 Å². The van der Waals surface area contributed by atoms with Gasteiger partial charge in [0.05, 0.1) is 19.6 Å². The summed E-state index contributed by atoms with van der Waals surface area (Å²) in [6.07, 6.45) is 1.35. The standard InChI is InChI=1S/C21H27N3O4S2/c1-28-11-8-22-19(25)14-18-21(27)23(9-6-16-4-2-12-29-16)15-20(26)24(18)10-7-17-5-3-13-30-17/h2-5,12-13,18H,6-11,14-15H2,1H3,(H,22,25).